The summed E-state index contributed by atoms with van der Waals surface area (Å²) in [5.41, 5.74) is 2.12. The molecule has 0 saturated heterocycles. The number of fused-ring (bicyclic) bond motifs is 1. The largest absolute Gasteiger partial charge is 0.483 e. The number of rotatable bonds is 6. The van der Waals surface area contributed by atoms with Gasteiger partial charge in [-0.15, -0.1) is 0 Å². The summed E-state index contributed by atoms with van der Waals surface area (Å²) in [4.78, 5) is 24.8. The molecule has 25 heavy (non-hydrogen) atoms. The third-order valence-electron chi connectivity index (χ3n) is 4.19. The van der Waals surface area contributed by atoms with Gasteiger partial charge in [0, 0.05) is 24.0 Å². The first-order valence-corrected chi connectivity index (χ1v) is 8.34. The van der Waals surface area contributed by atoms with Crippen molar-refractivity contribution in [1.82, 2.24) is 0 Å². The van der Waals surface area contributed by atoms with Crippen LogP contribution in [0.2, 0.25) is 0 Å². The Kier molecular flexibility index (Phi) is 5.14. The maximum Gasteiger partial charge on any atom is 0.232 e. The second kappa shape index (κ2) is 7.49. The SMILES string of the molecule is CCc1ccccc1C(=O)CCC(=O)c1ccc2c(c1)OC(O)CO2. The summed E-state index contributed by atoms with van der Waals surface area (Å²) in [5.74, 6) is 0.662. The second-order valence-electron chi connectivity index (χ2n) is 5.90. The maximum absolute atomic E-state index is 12.4. The van der Waals surface area contributed by atoms with E-state index in [4.69, 9.17) is 9.47 Å². The second-order valence-corrected chi connectivity index (χ2v) is 5.90. The number of benzene rings is 2. The lowest BCUT2D eigenvalue weighted by Crippen LogP contribution is -2.28. The lowest BCUT2D eigenvalue weighted by atomic mass is 9.97. The van der Waals surface area contributed by atoms with Crippen LogP contribution >= 0.6 is 0 Å². The molecule has 1 aliphatic heterocycles. The number of aryl methyl sites for hydroxylation is 1. The van der Waals surface area contributed by atoms with E-state index in [0.29, 0.717) is 22.6 Å². The van der Waals surface area contributed by atoms with Gasteiger partial charge in [-0.3, -0.25) is 9.59 Å². The van der Waals surface area contributed by atoms with E-state index in [9.17, 15) is 14.7 Å². The molecule has 1 atom stereocenters. The molecule has 5 nitrogen and oxygen atoms in total. The van der Waals surface area contributed by atoms with E-state index in [0.717, 1.165) is 12.0 Å². The molecular formula is C20H20O5. The van der Waals surface area contributed by atoms with E-state index < -0.39 is 6.29 Å². The summed E-state index contributed by atoms with van der Waals surface area (Å²) < 4.78 is 10.6. The van der Waals surface area contributed by atoms with Gasteiger partial charge in [-0.2, -0.15) is 0 Å². The summed E-state index contributed by atoms with van der Waals surface area (Å²) in [6, 6.07) is 12.3. The van der Waals surface area contributed by atoms with Gasteiger partial charge in [0.1, 0.15) is 0 Å². The molecule has 0 radical (unpaired) electrons. The Morgan fingerprint density at radius 3 is 2.64 bits per heavy atom. The zero-order chi connectivity index (χ0) is 17.8. The number of carbonyl (C=O) groups is 2. The number of aliphatic hydroxyl groups is 1. The molecule has 0 spiro atoms. The Labute approximate surface area is 146 Å². The molecule has 2 aromatic rings. The monoisotopic (exact) mass is 340 g/mol. The van der Waals surface area contributed by atoms with Crippen molar-refractivity contribution >= 4 is 11.6 Å². The quantitative estimate of drug-likeness (QED) is 0.818. The average molecular weight is 340 g/mol. The van der Waals surface area contributed by atoms with Crippen LogP contribution in [0.4, 0.5) is 0 Å². The fraction of sp³-hybridized carbons (Fsp3) is 0.300. The predicted octanol–water partition coefficient (Wildman–Crippen LogP) is 3.18. The van der Waals surface area contributed by atoms with Gasteiger partial charge in [0.25, 0.3) is 0 Å². The van der Waals surface area contributed by atoms with E-state index in [1.807, 2.05) is 25.1 Å². The van der Waals surface area contributed by atoms with Crippen molar-refractivity contribution in [2.45, 2.75) is 32.5 Å². The van der Waals surface area contributed by atoms with Gasteiger partial charge in [0.2, 0.25) is 6.29 Å². The van der Waals surface area contributed by atoms with Crippen molar-refractivity contribution in [3.63, 3.8) is 0 Å². The van der Waals surface area contributed by atoms with Gasteiger partial charge >= 0.3 is 0 Å². The average Bonchev–Trinajstić information content (AvgIpc) is 2.65. The molecule has 2 aromatic carbocycles. The number of Topliss-reactive ketones (excluding diaryl/α,β-unsaturated/α-hetero) is 2. The van der Waals surface area contributed by atoms with Crippen molar-refractivity contribution in [3.8, 4) is 11.5 Å². The van der Waals surface area contributed by atoms with Crippen LogP contribution in [0.15, 0.2) is 42.5 Å². The molecule has 1 unspecified atom stereocenters. The van der Waals surface area contributed by atoms with Gasteiger partial charge in [-0.05, 0) is 30.2 Å². The number of carbonyl (C=O) groups excluding carboxylic acids is 2. The van der Waals surface area contributed by atoms with Crippen LogP contribution in [0, 0.1) is 0 Å². The van der Waals surface area contributed by atoms with Crippen LogP contribution in [-0.2, 0) is 6.42 Å². The van der Waals surface area contributed by atoms with Gasteiger partial charge in [0.15, 0.2) is 29.7 Å². The molecular weight excluding hydrogens is 320 g/mol. The molecule has 1 aliphatic rings. The van der Waals surface area contributed by atoms with Crippen LogP contribution in [0.5, 0.6) is 11.5 Å². The van der Waals surface area contributed by atoms with Gasteiger partial charge < -0.3 is 14.6 Å². The highest BCUT2D eigenvalue weighted by molar-refractivity contribution is 6.03. The third-order valence-corrected chi connectivity index (χ3v) is 4.19. The lowest BCUT2D eigenvalue weighted by Gasteiger charge is -2.23. The molecule has 1 N–H and O–H groups in total. The molecule has 0 fully saturated rings. The van der Waals surface area contributed by atoms with E-state index in [-0.39, 0.29) is 31.0 Å². The van der Waals surface area contributed by atoms with Crippen LogP contribution in [0.1, 0.15) is 46.0 Å². The van der Waals surface area contributed by atoms with Crippen LogP contribution in [0.3, 0.4) is 0 Å². The number of aliphatic hydroxyl groups excluding tert-OH is 1. The van der Waals surface area contributed by atoms with Crippen molar-refractivity contribution in [2.75, 3.05) is 6.61 Å². The van der Waals surface area contributed by atoms with E-state index in [2.05, 4.69) is 0 Å². The number of ether oxygens (including phenoxy) is 2. The zero-order valence-corrected chi connectivity index (χ0v) is 14.0. The lowest BCUT2D eigenvalue weighted by molar-refractivity contribution is -0.0670. The highest BCUT2D eigenvalue weighted by Crippen LogP contribution is 2.32. The topological polar surface area (TPSA) is 72.8 Å². The fourth-order valence-corrected chi connectivity index (χ4v) is 2.84. The molecule has 0 bridgehead atoms. The van der Waals surface area contributed by atoms with Gasteiger partial charge in [-0.25, -0.2) is 0 Å². The van der Waals surface area contributed by atoms with E-state index in [1.54, 1.807) is 24.3 Å². The summed E-state index contributed by atoms with van der Waals surface area (Å²) in [5, 5.41) is 9.46. The standard InChI is InChI=1S/C20H20O5/c1-2-13-5-3-4-6-15(13)17(22)9-8-16(21)14-7-10-18-19(11-14)25-20(23)12-24-18/h3-7,10-11,20,23H,2,8-9,12H2,1H3. The maximum atomic E-state index is 12.4. The van der Waals surface area contributed by atoms with Crippen molar-refractivity contribution in [3.05, 3.63) is 59.2 Å². The minimum absolute atomic E-state index is 0.0289. The number of hydrogen-bond acceptors (Lipinski definition) is 5. The molecule has 3 rings (SSSR count). The number of hydrogen-bond donors (Lipinski definition) is 1. The van der Waals surface area contributed by atoms with Gasteiger partial charge in [-0.1, -0.05) is 31.2 Å². The highest BCUT2D eigenvalue weighted by Gasteiger charge is 2.20. The Balaban J connectivity index is 1.67. The van der Waals surface area contributed by atoms with Crippen LogP contribution in [-0.4, -0.2) is 29.6 Å². The Morgan fingerprint density at radius 2 is 1.84 bits per heavy atom. The minimum atomic E-state index is -1.04. The van der Waals surface area contributed by atoms with Crippen molar-refractivity contribution in [1.29, 1.82) is 0 Å². The normalized spacial score (nSPS) is 15.7. The first-order valence-electron chi connectivity index (χ1n) is 8.34. The van der Waals surface area contributed by atoms with Crippen LogP contribution < -0.4 is 9.47 Å². The zero-order valence-electron chi connectivity index (χ0n) is 14.0. The summed E-state index contributed by atoms with van der Waals surface area (Å²) in [6.45, 7) is 2.06. The molecule has 0 aromatic heterocycles. The minimum Gasteiger partial charge on any atom is -0.483 e. The van der Waals surface area contributed by atoms with Gasteiger partial charge in [0.05, 0.1) is 0 Å². The first-order chi connectivity index (χ1) is 12.1. The number of ketones is 2. The smallest absolute Gasteiger partial charge is 0.232 e. The highest BCUT2D eigenvalue weighted by atomic mass is 16.7. The summed E-state index contributed by atoms with van der Waals surface area (Å²) >= 11 is 0. The van der Waals surface area contributed by atoms with E-state index in [1.165, 1.54) is 0 Å². The molecule has 5 heteroatoms. The fourth-order valence-electron chi connectivity index (χ4n) is 2.84. The van der Waals surface area contributed by atoms with Crippen molar-refractivity contribution < 1.29 is 24.2 Å². The molecule has 130 valence electrons. The summed E-state index contributed by atoms with van der Waals surface area (Å²) in [7, 11) is 0. The Bertz CT molecular complexity index is 796. The Morgan fingerprint density at radius 1 is 1.08 bits per heavy atom. The predicted molar refractivity (Wildman–Crippen MR) is 92.3 cm³/mol. The Hall–Kier alpha value is -2.66. The molecule has 0 aliphatic carbocycles. The van der Waals surface area contributed by atoms with Crippen LogP contribution in [0.25, 0.3) is 0 Å². The van der Waals surface area contributed by atoms with Crippen molar-refractivity contribution in [2.24, 2.45) is 0 Å². The summed E-state index contributed by atoms with van der Waals surface area (Å²) in [6.07, 6.45) is 0.0248. The first kappa shape index (κ1) is 17.2. The molecule has 1 heterocycles. The third kappa shape index (κ3) is 3.88. The van der Waals surface area contributed by atoms with E-state index >= 15 is 0 Å². The molecule has 0 amide bonds. The molecule has 0 saturated carbocycles.